The summed E-state index contributed by atoms with van der Waals surface area (Å²) in [6, 6.07) is 0. The lowest BCUT2D eigenvalue weighted by atomic mass is 9.77. The molecule has 0 saturated carbocycles. The molecular formula is C10H16O4. The molecule has 0 atom stereocenters. The molecule has 0 aliphatic carbocycles. The molecule has 0 aliphatic rings. The Labute approximate surface area is 83.2 Å². The van der Waals surface area contributed by atoms with Gasteiger partial charge < -0.3 is 10.2 Å². The molecule has 0 saturated heterocycles. The van der Waals surface area contributed by atoms with Gasteiger partial charge >= 0.3 is 11.9 Å². The second kappa shape index (κ2) is 4.79. The van der Waals surface area contributed by atoms with E-state index in [1.807, 2.05) is 0 Å². The zero-order valence-corrected chi connectivity index (χ0v) is 8.49. The van der Waals surface area contributed by atoms with Gasteiger partial charge in [-0.1, -0.05) is 19.9 Å². The van der Waals surface area contributed by atoms with Crippen molar-refractivity contribution in [1.29, 1.82) is 0 Å². The lowest BCUT2D eigenvalue weighted by molar-refractivity contribution is -0.165. The van der Waals surface area contributed by atoms with E-state index < -0.39 is 17.4 Å². The number of carboxylic acids is 2. The second-order valence-electron chi connectivity index (χ2n) is 3.78. The average Bonchev–Trinajstić information content (AvgIpc) is 2.01. The van der Waals surface area contributed by atoms with Crippen LogP contribution in [0.2, 0.25) is 0 Å². The first-order valence-electron chi connectivity index (χ1n) is 4.44. The Bertz CT molecular complexity index is 229. The first kappa shape index (κ1) is 12.7. The zero-order valence-electron chi connectivity index (χ0n) is 8.49. The van der Waals surface area contributed by atoms with E-state index in [1.54, 1.807) is 13.8 Å². The van der Waals surface area contributed by atoms with Crippen LogP contribution in [0.15, 0.2) is 12.7 Å². The van der Waals surface area contributed by atoms with Crippen molar-refractivity contribution in [2.75, 3.05) is 0 Å². The van der Waals surface area contributed by atoms with Crippen molar-refractivity contribution in [1.82, 2.24) is 0 Å². The summed E-state index contributed by atoms with van der Waals surface area (Å²) in [6.45, 7) is 6.98. The quantitative estimate of drug-likeness (QED) is 0.506. The fourth-order valence-electron chi connectivity index (χ4n) is 1.47. The lowest BCUT2D eigenvalue weighted by Crippen LogP contribution is -2.40. The first-order chi connectivity index (χ1) is 6.36. The van der Waals surface area contributed by atoms with Gasteiger partial charge in [-0.2, -0.15) is 0 Å². The minimum atomic E-state index is -1.71. The van der Waals surface area contributed by atoms with Gasteiger partial charge in [0.15, 0.2) is 5.41 Å². The minimum Gasteiger partial charge on any atom is -0.480 e. The summed E-state index contributed by atoms with van der Waals surface area (Å²) in [5.74, 6) is -2.57. The lowest BCUT2D eigenvalue weighted by Gasteiger charge is -2.25. The maximum absolute atomic E-state index is 11.0. The fraction of sp³-hybridized carbons (Fsp3) is 0.600. The Morgan fingerprint density at radius 3 is 2.00 bits per heavy atom. The topological polar surface area (TPSA) is 74.6 Å². The van der Waals surface area contributed by atoms with Gasteiger partial charge in [0.1, 0.15) is 0 Å². The Morgan fingerprint density at radius 1 is 1.36 bits per heavy atom. The number of carbonyl (C=O) groups is 2. The number of allylic oxidation sites excluding steroid dienone is 1. The third kappa shape index (κ3) is 2.58. The molecule has 4 nitrogen and oxygen atoms in total. The number of aliphatic carboxylic acids is 2. The van der Waals surface area contributed by atoms with Gasteiger partial charge in [-0.25, -0.2) is 0 Å². The molecule has 2 N–H and O–H groups in total. The van der Waals surface area contributed by atoms with Gasteiger partial charge in [-0.15, -0.1) is 6.58 Å². The van der Waals surface area contributed by atoms with E-state index in [9.17, 15) is 9.59 Å². The van der Waals surface area contributed by atoms with Gasteiger partial charge in [0.2, 0.25) is 0 Å². The van der Waals surface area contributed by atoms with Crippen LogP contribution in [0.4, 0.5) is 0 Å². The SMILES string of the molecule is C=CCC(CC(C)C)(C(=O)O)C(=O)O. The maximum atomic E-state index is 11.0. The average molecular weight is 200 g/mol. The molecule has 0 aliphatic heterocycles. The summed E-state index contributed by atoms with van der Waals surface area (Å²) >= 11 is 0. The molecule has 0 aromatic heterocycles. The van der Waals surface area contributed by atoms with Gasteiger partial charge in [0, 0.05) is 0 Å². The summed E-state index contributed by atoms with van der Waals surface area (Å²) < 4.78 is 0. The number of hydrogen-bond acceptors (Lipinski definition) is 2. The van der Waals surface area contributed by atoms with Crippen LogP contribution in [0.3, 0.4) is 0 Å². The van der Waals surface area contributed by atoms with Crippen molar-refractivity contribution in [2.24, 2.45) is 11.3 Å². The number of rotatable bonds is 6. The van der Waals surface area contributed by atoms with E-state index >= 15 is 0 Å². The highest BCUT2D eigenvalue weighted by Gasteiger charge is 2.45. The third-order valence-corrected chi connectivity index (χ3v) is 2.07. The molecule has 14 heavy (non-hydrogen) atoms. The third-order valence-electron chi connectivity index (χ3n) is 2.07. The van der Waals surface area contributed by atoms with Crippen molar-refractivity contribution in [2.45, 2.75) is 26.7 Å². The molecule has 0 heterocycles. The number of carboxylic acid groups (broad SMARTS) is 2. The van der Waals surface area contributed by atoms with E-state index in [0.29, 0.717) is 0 Å². The molecule has 0 fully saturated rings. The van der Waals surface area contributed by atoms with Gasteiger partial charge in [0.05, 0.1) is 0 Å². The summed E-state index contributed by atoms with van der Waals surface area (Å²) in [4.78, 5) is 21.9. The molecular weight excluding hydrogens is 184 g/mol. The van der Waals surface area contributed by atoms with Crippen LogP contribution in [0.5, 0.6) is 0 Å². The molecule has 0 radical (unpaired) electrons. The van der Waals surface area contributed by atoms with E-state index in [1.165, 1.54) is 6.08 Å². The zero-order chi connectivity index (χ0) is 11.4. The second-order valence-corrected chi connectivity index (χ2v) is 3.78. The van der Waals surface area contributed by atoms with E-state index in [-0.39, 0.29) is 18.8 Å². The molecule has 0 aromatic carbocycles. The van der Waals surface area contributed by atoms with Crippen LogP contribution in [-0.4, -0.2) is 22.2 Å². The van der Waals surface area contributed by atoms with E-state index in [0.717, 1.165) is 0 Å². The summed E-state index contributed by atoms with van der Waals surface area (Å²) in [5, 5.41) is 17.9. The van der Waals surface area contributed by atoms with Crippen LogP contribution < -0.4 is 0 Å². The molecule has 0 rings (SSSR count). The van der Waals surface area contributed by atoms with Crippen LogP contribution in [0, 0.1) is 11.3 Å². The monoisotopic (exact) mass is 200 g/mol. The minimum absolute atomic E-state index is 0.0159. The predicted octanol–water partition coefficient (Wildman–Crippen LogP) is 1.76. The maximum Gasteiger partial charge on any atom is 0.321 e. The largest absolute Gasteiger partial charge is 0.480 e. The molecule has 4 heteroatoms. The van der Waals surface area contributed by atoms with Crippen molar-refractivity contribution in [3.05, 3.63) is 12.7 Å². The Hall–Kier alpha value is -1.32. The van der Waals surface area contributed by atoms with Crippen molar-refractivity contribution < 1.29 is 19.8 Å². The molecule has 80 valence electrons. The molecule has 0 unspecified atom stereocenters. The van der Waals surface area contributed by atoms with Crippen molar-refractivity contribution in [3.63, 3.8) is 0 Å². The Balaban J connectivity index is 5.03. The highest BCUT2D eigenvalue weighted by Crippen LogP contribution is 2.31. The summed E-state index contributed by atoms with van der Waals surface area (Å²) in [5.41, 5.74) is -1.71. The molecule has 0 amide bonds. The van der Waals surface area contributed by atoms with Crippen LogP contribution >= 0.6 is 0 Å². The normalized spacial score (nSPS) is 11.4. The highest BCUT2D eigenvalue weighted by atomic mass is 16.4. The summed E-state index contributed by atoms with van der Waals surface area (Å²) in [6.07, 6.45) is 1.41. The molecule has 0 spiro atoms. The fourth-order valence-corrected chi connectivity index (χ4v) is 1.47. The van der Waals surface area contributed by atoms with Crippen LogP contribution in [0.1, 0.15) is 26.7 Å². The van der Waals surface area contributed by atoms with Gasteiger partial charge in [0.25, 0.3) is 0 Å². The summed E-state index contributed by atoms with van der Waals surface area (Å²) in [7, 11) is 0. The Kier molecular flexibility index (Phi) is 4.34. The van der Waals surface area contributed by atoms with Gasteiger partial charge in [-0.3, -0.25) is 9.59 Å². The van der Waals surface area contributed by atoms with E-state index in [2.05, 4.69) is 6.58 Å². The molecule has 0 aromatic rings. The van der Waals surface area contributed by atoms with Gasteiger partial charge in [-0.05, 0) is 18.8 Å². The van der Waals surface area contributed by atoms with E-state index in [4.69, 9.17) is 10.2 Å². The smallest absolute Gasteiger partial charge is 0.321 e. The van der Waals surface area contributed by atoms with Crippen LogP contribution in [0.25, 0.3) is 0 Å². The number of hydrogen-bond donors (Lipinski definition) is 2. The standard InChI is InChI=1S/C10H16O4/c1-4-5-10(8(11)12,9(13)14)6-7(2)3/h4,7H,1,5-6H2,2-3H3,(H,11,12)(H,13,14). The first-order valence-corrected chi connectivity index (χ1v) is 4.44. The Morgan fingerprint density at radius 2 is 1.79 bits per heavy atom. The van der Waals surface area contributed by atoms with Crippen molar-refractivity contribution >= 4 is 11.9 Å². The predicted molar refractivity (Wildman–Crippen MR) is 52.0 cm³/mol. The van der Waals surface area contributed by atoms with Crippen molar-refractivity contribution in [3.8, 4) is 0 Å². The highest BCUT2D eigenvalue weighted by molar-refractivity contribution is 5.98. The molecule has 0 bridgehead atoms. The van der Waals surface area contributed by atoms with Crippen LogP contribution in [-0.2, 0) is 9.59 Å².